The maximum Gasteiger partial charge on any atom is 0.293 e. The van der Waals surface area contributed by atoms with E-state index >= 15 is 0 Å². The summed E-state index contributed by atoms with van der Waals surface area (Å²) in [6, 6.07) is 11.5. The van der Waals surface area contributed by atoms with Crippen LogP contribution in [0.3, 0.4) is 0 Å². The minimum atomic E-state index is -0.336. The predicted octanol–water partition coefficient (Wildman–Crippen LogP) is 3.51. The van der Waals surface area contributed by atoms with E-state index in [0.29, 0.717) is 4.91 Å². The second-order valence-electron chi connectivity index (χ2n) is 6.64. The monoisotopic (exact) mass is 425 g/mol. The first-order valence-electron chi connectivity index (χ1n) is 9.28. The van der Waals surface area contributed by atoms with Crippen molar-refractivity contribution in [3.8, 4) is 0 Å². The number of carbonyl (C=O) groups excluding carboxylic acids is 3. The van der Waals surface area contributed by atoms with Gasteiger partial charge in [-0.1, -0.05) is 24.3 Å². The van der Waals surface area contributed by atoms with Gasteiger partial charge in [0.05, 0.1) is 10.8 Å². The lowest BCUT2D eigenvalue weighted by Crippen LogP contribution is -2.39. The number of nitrogens with one attached hydrogen (secondary N) is 1. The molecule has 148 valence electrons. The third kappa shape index (κ3) is 4.38. The fraction of sp³-hybridized carbons (Fsp3) is 0.238. The van der Waals surface area contributed by atoms with Gasteiger partial charge >= 0.3 is 0 Å². The highest BCUT2D eigenvalue weighted by atomic mass is 32.2. The third-order valence-corrected chi connectivity index (χ3v) is 6.80. The first-order chi connectivity index (χ1) is 14.1. The van der Waals surface area contributed by atoms with Crippen molar-refractivity contribution in [1.29, 1.82) is 0 Å². The molecule has 1 fully saturated rings. The molecular formula is C21H19N3O3S2. The minimum absolute atomic E-state index is 0.0596. The largest absolute Gasteiger partial charge is 0.354 e. The van der Waals surface area contributed by atoms with Crippen LogP contribution in [-0.4, -0.2) is 45.8 Å². The zero-order valence-electron chi connectivity index (χ0n) is 15.5. The number of rotatable bonds is 5. The number of carbonyl (C=O) groups is 3. The second-order valence-corrected chi connectivity index (χ2v) is 8.77. The van der Waals surface area contributed by atoms with E-state index in [9.17, 15) is 14.4 Å². The van der Waals surface area contributed by atoms with E-state index in [2.05, 4.69) is 10.3 Å². The zero-order valence-corrected chi connectivity index (χ0v) is 17.2. The van der Waals surface area contributed by atoms with E-state index in [1.54, 1.807) is 36.3 Å². The number of thioether (sulfide) groups is 2. The lowest BCUT2D eigenvalue weighted by atomic mass is 9.95. The summed E-state index contributed by atoms with van der Waals surface area (Å²) in [6.45, 7) is 0.396. The molecule has 2 aromatic rings. The van der Waals surface area contributed by atoms with Gasteiger partial charge in [0.15, 0.2) is 0 Å². The Bertz CT molecular complexity index is 978. The first-order valence-corrected chi connectivity index (χ1v) is 11.1. The molecule has 6 nitrogen and oxygen atoms in total. The van der Waals surface area contributed by atoms with Gasteiger partial charge < -0.3 is 5.32 Å². The Kier molecular flexibility index (Phi) is 6.01. The highest BCUT2D eigenvalue weighted by Gasteiger charge is 2.35. The van der Waals surface area contributed by atoms with Gasteiger partial charge in [0.2, 0.25) is 5.91 Å². The van der Waals surface area contributed by atoms with Crippen molar-refractivity contribution in [1.82, 2.24) is 15.2 Å². The summed E-state index contributed by atoms with van der Waals surface area (Å²) in [5, 5.41) is 2.57. The van der Waals surface area contributed by atoms with Crippen LogP contribution in [0.1, 0.15) is 23.5 Å². The Labute approximate surface area is 177 Å². The minimum Gasteiger partial charge on any atom is -0.354 e. The summed E-state index contributed by atoms with van der Waals surface area (Å²) >= 11 is 2.67. The molecule has 1 saturated heterocycles. The lowest BCUT2D eigenvalue weighted by Gasteiger charge is -2.24. The first kappa shape index (κ1) is 19.7. The molecule has 1 aromatic heterocycles. The van der Waals surface area contributed by atoms with Crippen molar-refractivity contribution >= 4 is 46.7 Å². The quantitative estimate of drug-likeness (QED) is 0.739. The summed E-state index contributed by atoms with van der Waals surface area (Å²) in [5.74, 6) is 0.318. The standard InChI is InChI=1S/C21H19N3O3S2/c25-19(16-7-11-28-17-6-2-1-5-15(16)17)23-9-10-24-20(26)18(29-21(24)27)12-14-4-3-8-22-13-14/h1-6,8,12-13,16H,7,9-11H2,(H,23,25)/b18-12+. The number of fused-ring (bicyclic) bond motifs is 1. The van der Waals surface area contributed by atoms with Crippen molar-refractivity contribution in [3.05, 3.63) is 64.8 Å². The van der Waals surface area contributed by atoms with Gasteiger partial charge in [0, 0.05) is 30.4 Å². The molecule has 8 heteroatoms. The molecule has 2 aliphatic heterocycles. The Balaban J connectivity index is 1.35. The van der Waals surface area contributed by atoms with Gasteiger partial charge in [0.1, 0.15) is 0 Å². The number of hydrogen-bond donors (Lipinski definition) is 1. The molecule has 1 unspecified atom stereocenters. The fourth-order valence-electron chi connectivity index (χ4n) is 3.33. The molecule has 1 N–H and O–H groups in total. The molecule has 1 aromatic carbocycles. The Morgan fingerprint density at radius 3 is 2.93 bits per heavy atom. The number of pyridine rings is 1. The van der Waals surface area contributed by atoms with Gasteiger partial charge in [-0.25, -0.2) is 0 Å². The van der Waals surface area contributed by atoms with E-state index in [1.807, 2.05) is 30.3 Å². The van der Waals surface area contributed by atoms with Crippen molar-refractivity contribution in [2.45, 2.75) is 17.2 Å². The topological polar surface area (TPSA) is 79.4 Å². The van der Waals surface area contributed by atoms with Crippen molar-refractivity contribution < 1.29 is 14.4 Å². The number of amides is 3. The number of benzene rings is 1. The smallest absolute Gasteiger partial charge is 0.293 e. The van der Waals surface area contributed by atoms with Crippen LogP contribution in [0.25, 0.3) is 6.08 Å². The average molecular weight is 426 g/mol. The fourth-order valence-corrected chi connectivity index (χ4v) is 5.32. The maximum absolute atomic E-state index is 12.7. The molecule has 0 saturated carbocycles. The van der Waals surface area contributed by atoms with Crippen LogP contribution in [-0.2, 0) is 9.59 Å². The Morgan fingerprint density at radius 2 is 2.10 bits per heavy atom. The summed E-state index contributed by atoms with van der Waals surface area (Å²) < 4.78 is 0. The van der Waals surface area contributed by atoms with E-state index in [1.165, 1.54) is 4.90 Å². The second kappa shape index (κ2) is 8.84. The average Bonchev–Trinajstić information content (AvgIpc) is 3.01. The van der Waals surface area contributed by atoms with Crippen LogP contribution in [0.15, 0.2) is 58.6 Å². The number of nitrogens with zero attached hydrogens (tertiary/aromatic N) is 2. The van der Waals surface area contributed by atoms with Gasteiger partial charge in [-0.05, 0) is 53.3 Å². The molecule has 29 heavy (non-hydrogen) atoms. The number of imide groups is 1. The molecule has 3 heterocycles. The van der Waals surface area contributed by atoms with Crippen LogP contribution >= 0.6 is 23.5 Å². The highest BCUT2D eigenvalue weighted by molar-refractivity contribution is 8.18. The van der Waals surface area contributed by atoms with E-state index < -0.39 is 0 Å². The SMILES string of the molecule is O=C(NCCN1C(=O)S/C(=C/c2cccnc2)C1=O)C1CCSc2ccccc21. The van der Waals surface area contributed by atoms with Crippen LogP contribution < -0.4 is 5.32 Å². The molecule has 2 aliphatic rings. The van der Waals surface area contributed by atoms with Gasteiger partial charge in [-0.15, -0.1) is 11.8 Å². The van der Waals surface area contributed by atoms with Crippen molar-refractivity contribution in [3.63, 3.8) is 0 Å². The van der Waals surface area contributed by atoms with Crippen molar-refractivity contribution in [2.75, 3.05) is 18.8 Å². The van der Waals surface area contributed by atoms with Crippen molar-refractivity contribution in [2.24, 2.45) is 0 Å². The maximum atomic E-state index is 12.7. The molecule has 0 radical (unpaired) electrons. The van der Waals surface area contributed by atoms with Gasteiger partial charge in [0.25, 0.3) is 11.1 Å². The number of aromatic nitrogens is 1. The molecule has 4 rings (SSSR count). The molecule has 3 amide bonds. The summed E-state index contributed by atoms with van der Waals surface area (Å²) in [6.07, 6.45) is 5.72. The summed E-state index contributed by atoms with van der Waals surface area (Å²) in [7, 11) is 0. The van der Waals surface area contributed by atoms with Crippen LogP contribution in [0.4, 0.5) is 4.79 Å². The predicted molar refractivity (Wildman–Crippen MR) is 114 cm³/mol. The summed E-state index contributed by atoms with van der Waals surface area (Å²) in [4.78, 5) is 44.1. The molecule has 0 spiro atoms. The summed E-state index contributed by atoms with van der Waals surface area (Å²) in [5.41, 5.74) is 1.81. The highest BCUT2D eigenvalue weighted by Crippen LogP contribution is 2.37. The zero-order chi connectivity index (χ0) is 20.2. The van der Waals surface area contributed by atoms with Gasteiger partial charge in [-0.2, -0.15) is 0 Å². The molecule has 0 bridgehead atoms. The van der Waals surface area contributed by atoms with E-state index in [0.717, 1.165) is 40.0 Å². The molecular weight excluding hydrogens is 406 g/mol. The molecule has 1 atom stereocenters. The lowest BCUT2D eigenvalue weighted by molar-refractivity contribution is -0.125. The van der Waals surface area contributed by atoms with Crippen LogP contribution in [0, 0.1) is 0 Å². The van der Waals surface area contributed by atoms with E-state index in [4.69, 9.17) is 0 Å². The normalized spacial score (nSPS) is 20.1. The van der Waals surface area contributed by atoms with E-state index in [-0.39, 0.29) is 36.1 Å². The van der Waals surface area contributed by atoms with Crippen LogP contribution in [0.5, 0.6) is 0 Å². The number of hydrogen-bond acceptors (Lipinski definition) is 6. The van der Waals surface area contributed by atoms with Gasteiger partial charge in [-0.3, -0.25) is 24.3 Å². The third-order valence-electron chi connectivity index (χ3n) is 4.77. The Hall–Kier alpha value is -2.58. The Morgan fingerprint density at radius 1 is 1.24 bits per heavy atom. The van der Waals surface area contributed by atoms with Crippen LogP contribution in [0.2, 0.25) is 0 Å². The molecule has 0 aliphatic carbocycles.